The Balaban J connectivity index is 2.61. The van der Waals surface area contributed by atoms with Crippen LogP contribution in [-0.4, -0.2) is 118 Å². The lowest BCUT2D eigenvalue weighted by Gasteiger charge is -2.28. The van der Waals surface area contributed by atoms with Crippen LogP contribution in [0.25, 0.3) is 0 Å². The maximum atomic E-state index is 11.4. The van der Waals surface area contributed by atoms with Crippen LogP contribution in [0.3, 0.4) is 0 Å². The van der Waals surface area contributed by atoms with Crippen LogP contribution in [0.15, 0.2) is 12.2 Å². The molecule has 11 heteroatoms. The molecule has 0 aromatic heterocycles. The molecule has 0 heterocycles. The molecule has 0 aromatic carbocycles. The van der Waals surface area contributed by atoms with Gasteiger partial charge >= 0.3 is 23.9 Å². The minimum Gasteiger partial charge on any atom is -0.480 e. The Bertz CT molecular complexity index is 684. The third-order valence-corrected chi connectivity index (χ3v) is 6.13. The normalized spacial score (nSPS) is 17.6. The van der Waals surface area contributed by atoms with Gasteiger partial charge in [-0.2, -0.15) is 0 Å². The second-order valence-electron chi connectivity index (χ2n) is 9.18. The van der Waals surface area contributed by atoms with Gasteiger partial charge in [-0.05, 0) is 51.0 Å². The summed E-state index contributed by atoms with van der Waals surface area (Å²) in [5, 5.41) is 36.5. The predicted molar refractivity (Wildman–Crippen MR) is 129 cm³/mol. The zero-order valence-corrected chi connectivity index (χ0v) is 20.5. The molecule has 1 rings (SSSR count). The number of allylic oxidation sites excluding steroid dienone is 2. The molecular weight excluding hydrogens is 458 g/mol. The van der Waals surface area contributed by atoms with E-state index in [1.807, 2.05) is 0 Å². The number of carbonyl (C=O) groups is 4. The summed E-state index contributed by atoms with van der Waals surface area (Å²) in [6, 6.07) is 0. The minimum absolute atomic E-state index is 0.0704. The fraction of sp³-hybridized carbons (Fsp3) is 0.750. The van der Waals surface area contributed by atoms with E-state index in [4.69, 9.17) is 10.2 Å². The second-order valence-corrected chi connectivity index (χ2v) is 9.18. The van der Waals surface area contributed by atoms with Gasteiger partial charge in [-0.1, -0.05) is 25.0 Å². The van der Waals surface area contributed by atoms with Crippen LogP contribution < -0.4 is 0 Å². The molecule has 1 aliphatic carbocycles. The van der Waals surface area contributed by atoms with Crippen LogP contribution in [0.5, 0.6) is 0 Å². The van der Waals surface area contributed by atoms with Gasteiger partial charge < -0.3 is 20.4 Å². The van der Waals surface area contributed by atoms with Gasteiger partial charge in [0.2, 0.25) is 0 Å². The van der Waals surface area contributed by atoms with Crippen molar-refractivity contribution in [2.24, 2.45) is 5.92 Å². The first-order valence-electron chi connectivity index (χ1n) is 12.3. The van der Waals surface area contributed by atoms with Crippen molar-refractivity contribution < 1.29 is 39.6 Å². The van der Waals surface area contributed by atoms with E-state index in [0.717, 1.165) is 32.1 Å². The maximum absolute atomic E-state index is 11.4. The van der Waals surface area contributed by atoms with Crippen LogP contribution >= 0.6 is 0 Å². The molecule has 0 spiro atoms. The molecule has 200 valence electrons. The van der Waals surface area contributed by atoms with Crippen LogP contribution in [0.2, 0.25) is 0 Å². The lowest BCUT2D eigenvalue weighted by Crippen LogP contribution is -2.44. The second kappa shape index (κ2) is 17.9. The smallest absolute Gasteiger partial charge is 0.317 e. The number of hydrogen-bond acceptors (Lipinski definition) is 7. The summed E-state index contributed by atoms with van der Waals surface area (Å²) >= 11 is 0. The van der Waals surface area contributed by atoms with Gasteiger partial charge in [0.25, 0.3) is 0 Å². The molecule has 1 atom stereocenters. The Morgan fingerprint density at radius 2 is 1.06 bits per heavy atom. The Labute approximate surface area is 207 Å². The van der Waals surface area contributed by atoms with E-state index >= 15 is 0 Å². The minimum atomic E-state index is -1.17. The SMILES string of the molecule is O=C(O)CN(CCCC1CC/C=C\CCCC1)CCN(CCN(CC(=O)O)CC(=O)O)CC(=O)O. The van der Waals surface area contributed by atoms with Crippen molar-refractivity contribution in [2.75, 3.05) is 58.9 Å². The molecule has 0 aliphatic heterocycles. The van der Waals surface area contributed by atoms with E-state index in [1.165, 1.54) is 24.2 Å². The van der Waals surface area contributed by atoms with Crippen molar-refractivity contribution in [3.8, 4) is 0 Å². The van der Waals surface area contributed by atoms with E-state index in [-0.39, 0.29) is 32.7 Å². The topological polar surface area (TPSA) is 159 Å². The monoisotopic (exact) mass is 499 g/mol. The van der Waals surface area contributed by atoms with Gasteiger partial charge in [0.1, 0.15) is 0 Å². The fourth-order valence-corrected chi connectivity index (χ4v) is 4.38. The summed E-state index contributed by atoms with van der Waals surface area (Å²) in [7, 11) is 0. The molecule has 0 amide bonds. The van der Waals surface area contributed by atoms with E-state index in [9.17, 15) is 29.4 Å². The summed E-state index contributed by atoms with van der Waals surface area (Å²) < 4.78 is 0. The van der Waals surface area contributed by atoms with E-state index < -0.39 is 37.0 Å². The fourth-order valence-electron chi connectivity index (χ4n) is 4.38. The van der Waals surface area contributed by atoms with Crippen molar-refractivity contribution in [1.82, 2.24) is 14.7 Å². The predicted octanol–water partition coefficient (Wildman–Crippen LogP) is 1.54. The highest BCUT2D eigenvalue weighted by Crippen LogP contribution is 2.23. The number of rotatable bonds is 18. The van der Waals surface area contributed by atoms with Crippen molar-refractivity contribution in [3.63, 3.8) is 0 Å². The van der Waals surface area contributed by atoms with Crippen molar-refractivity contribution in [2.45, 2.75) is 51.4 Å². The Kier molecular flexibility index (Phi) is 15.6. The van der Waals surface area contributed by atoms with Gasteiger partial charge in [0.05, 0.1) is 26.2 Å². The first-order valence-corrected chi connectivity index (χ1v) is 12.3. The molecule has 0 radical (unpaired) electrons. The molecule has 0 aromatic rings. The molecule has 0 bridgehead atoms. The average Bonchev–Trinajstić information content (AvgIpc) is 2.87. The zero-order valence-electron chi connectivity index (χ0n) is 20.5. The summed E-state index contributed by atoms with van der Waals surface area (Å²) in [6.45, 7) is 0.0915. The van der Waals surface area contributed by atoms with Crippen LogP contribution in [0.4, 0.5) is 0 Å². The van der Waals surface area contributed by atoms with E-state index in [2.05, 4.69) is 12.2 Å². The summed E-state index contributed by atoms with van der Waals surface area (Å²) in [5.74, 6) is -3.72. The molecule has 1 unspecified atom stereocenters. The standard InChI is InChI=1S/C24H41N3O8/c28-21(29)16-25(11-7-10-20-8-5-3-1-2-4-6-9-20)12-13-26(17-22(30)31)14-15-27(18-23(32)33)19-24(34)35/h1,3,20H,2,4-19H2,(H,28,29)(H,30,31)(H,32,33)(H,34,35)/b3-1-. The van der Waals surface area contributed by atoms with Crippen LogP contribution in [0, 0.1) is 5.92 Å². The van der Waals surface area contributed by atoms with E-state index in [1.54, 1.807) is 9.80 Å². The molecule has 0 saturated heterocycles. The van der Waals surface area contributed by atoms with Crippen molar-refractivity contribution in [3.05, 3.63) is 12.2 Å². The third-order valence-electron chi connectivity index (χ3n) is 6.13. The number of hydrogen-bond donors (Lipinski definition) is 4. The number of nitrogens with zero attached hydrogens (tertiary/aromatic N) is 3. The lowest BCUT2D eigenvalue weighted by molar-refractivity contribution is -0.143. The zero-order chi connectivity index (χ0) is 26.1. The Morgan fingerprint density at radius 3 is 1.60 bits per heavy atom. The van der Waals surface area contributed by atoms with Crippen molar-refractivity contribution in [1.29, 1.82) is 0 Å². The van der Waals surface area contributed by atoms with Gasteiger partial charge in [-0.3, -0.25) is 33.9 Å². The summed E-state index contributed by atoms with van der Waals surface area (Å²) in [5.41, 5.74) is 0. The van der Waals surface area contributed by atoms with Crippen molar-refractivity contribution >= 4 is 23.9 Å². The lowest BCUT2D eigenvalue weighted by atomic mass is 9.92. The van der Waals surface area contributed by atoms with Gasteiger partial charge in [0.15, 0.2) is 0 Å². The first kappa shape index (κ1) is 30.5. The third kappa shape index (κ3) is 16.7. The molecule has 11 nitrogen and oxygen atoms in total. The largest absolute Gasteiger partial charge is 0.480 e. The number of aliphatic carboxylic acids is 4. The number of carboxylic acid groups (broad SMARTS) is 4. The number of carboxylic acids is 4. The van der Waals surface area contributed by atoms with Crippen LogP contribution in [0.1, 0.15) is 51.4 Å². The molecule has 35 heavy (non-hydrogen) atoms. The van der Waals surface area contributed by atoms with E-state index in [0.29, 0.717) is 19.0 Å². The van der Waals surface area contributed by atoms with Gasteiger partial charge in [-0.25, -0.2) is 0 Å². The average molecular weight is 500 g/mol. The Morgan fingerprint density at radius 1 is 0.600 bits per heavy atom. The highest BCUT2D eigenvalue weighted by Gasteiger charge is 2.18. The van der Waals surface area contributed by atoms with Gasteiger partial charge in [-0.15, -0.1) is 0 Å². The highest BCUT2D eigenvalue weighted by molar-refractivity contribution is 5.72. The molecule has 0 fully saturated rings. The first-order chi connectivity index (χ1) is 16.7. The summed E-state index contributed by atoms with van der Waals surface area (Å²) in [4.78, 5) is 49.3. The maximum Gasteiger partial charge on any atom is 0.317 e. The molecular formula is C24H41N3O8. The quantitative estimate of drug-likeness (QED) is 0.203. The van der Waals surface area contributed by atoms with Crippen LogP contribution in [-0.2, 0) is 19.2 Å². The highest BCUT2D eigenvalue weighted by atomic mass is 16.4. The molecule has 0 saturated carbocycles. The summed E-state index contributed by atoms with van der Waals surface area (Å²) in [6.07, 6.45) is 13.4. The Hall–Kier alpha value is -2.50. The molecule has 4 N–H and O–H groups in total. The van der Waals surface area contributed by atoms with Gasteiger partial charge in [0, 0.05) is 26.2 Å². The molecule has 1 aliphatic rings.